The first kappa shape index (κ1) is 20.0. The van der Waals surface area contributed by atoms with E-state index in [1.165, 1.54) is 11.1 Å². The number of hydrogen-bond donors (Lipinski definition) is 2. The van der Waals surface area contributed by atoms with E-state index in [-0.39, 0.29) is 10.8 Å². The number of aliphatic hydroxyl groups excluding tert-OH is 2. The Morgan fingerprint density at radius 1 is 0.680 bits per heavy atom. The lowest BCUT2D eigenvalue weighted by molar-refractivity contribution is 0.241. The fourth-order valence-electron chi connectivity index (χ4n) is 2.60. The van der Waals surface area contributed by atoms with E-state index < -0.39 is 10.9 Å². The average molecular weight is 359 g/mol. The first-order chi connectivity index (χ1) is 11.5. The maximum atomic E-state index is 10.6. The van der Waals surface area contributed by atoms with E-state index in [0.717, 1.165) is 22.9 Å². The molecule has 0 fully saturated rings. The molecule has 0 aliphatic heterocycles. The second-order valence-corrected chi connectivity index (χ2v) is 9.76. The largest absolute Gasteiger partial charge is 0.378 e. The molecule has 2 aromatic rings. The Labute approximate surface area is 156 Å². The fourth-order valence-corrected chi connectivity index (χ4v) is 3.45. The van der Waals surface area contributed by atoms with Crippen molar-refractivity contribution < 1.29 is 10.2 Å². The van der Waals surface area contributed by atoms with Crippen LogP contribution in [-0.4, -0.2) is 10.2 Å². The topological polar surface area (TPSA) is 40.5 Å². The van der Waals surface area contributed by atoms with Gasteiger partial charge in [-0.2, -0.15) is 0 Å². The molecule has 0 aliphatic carbocycles. The summed E-state index contributed by atoms with van der Waals surface area (Å²) in [5.74, 6) is 0. The summed E-state index contributed by atoms with van der Waals surface area (Å²) < 4.78 is 0. The molecule has 0 saturated heterocycles. The third kappa shape index (κ3) is 5.34. The highest BCUT2D eigenvalue weighted by Crippen LogP contribution is 2.39. The Hall–Kier alpha value is -1.29. The molecular formula is C22H30O2S. The van der Waals surface area contributed by atoms with Gasteiger partial charge < -0.3 is 10.2 Å². The molecule has 2 aromatic carbocycles. The van der Waals surface area contributed by atoms with Crippen LogP contribution in [-0.2, 0) is 10.8 Å². The quantitative estimate of drug-likeness (QED) is 0.689. The van der Waals surface area contributed by atoms with Crippen LogP contribution >= 0.6 is 11.8 Å². The molecule has 136 valence electrons. The summed E-state index contributed by atoms with van der Waals surface area (Å²) >= 11 is 1.16. The lowest BCUT2D eigenvalue weighted by atomic mass is 9.86. The molecule has 0 radical (unpaired) electrons. The monoisotopic (exact) mass is 358 g/mol. The highest BCUT2D eigenvalue weighted by molar-refractivity contribution is 7.99. The van der Waals surface area contributed by atoms with Gasteiger partial charge in [0.05, 0.1) is 0 Å². The van der Waals surface area contributed by atoms with Crippen molar-refractivity contribution in [2.45, 2.75) is 63.2 Å². The van der Waals surface area contributed by atoms with Crippen molar-refractivity contribution in [3.63, 3.8) is 0 Å². The van der Waals surface area contributed by atoms with Crippen molar-refractivity contribution in [3.05, 3.63) is 70.8 Å². The van der Waals surface area contributed by atoms with Crippen LogP contribution in [0.3, 0.4) is 0 Å². The molecule has 0 aliphatic rings. The third-order valence-electron chi connectivity index (χ3n) is 4.33. The standard InChI is InChI=1S/C22H30O2S/c1-21(2,3)17-11-7-9-15(13-17)19(23)25-20(24)16-10-8-12-18(14-16)22(4,5)6/h7-14,19-20,23-24H,1-6H3. The first-order valence-electron chi connectivity index (χ1n) is 8.71. The molecule has 25 heavy (non-hydrogen) atoms. The van der Waals surface area contributed by atoms with Crippen LogP contribution in [0.1, 0.15) is 74.7 Å². The van der Waals surface area contributed by atoms with Gasteiger partial charge >= 0.3 is 0 Å². The fraction of sp³-hybridized carbons (Fsp3) is 0.455. The highest BCUT2D eigenvalue weighted by Gasteiger charge is 2.21. The first-order valence-corrected chi connectivity index (χ1v) is 9.65. The second-order valence-electron chi connectivity index (χ2n) is 8.59. The molecule has 0 bridgehead atoms. The zero-order valence-corrected chi connectivity index (χ0v) is 16.9. The van der Waals surface area contributed by atoms with E-state index in [2.05, 4.69) is 53.7 Å². The van der Waals surface area contributed by atoms with Crippen molar-refractivity contribution in [2.24, 2.45) is 0 Å². The molecule has 0 amide bonds. The van der Waals surface area contributed by atoms with Gasteiger partial charge in [0.15, 0.2) is 0 Å². The third-order valence-corrected chi connectivity index (χ3v) is 5.39. The molecule has 2 nitrogen and oxygen atoms in total. The predicted octanol–water partition coefficient (Wildman–Crippen LogP) is 5.70. The van der Waals surface area contributed by atoms with Gasteiger partial charge in [-0.1, -0.05) is 102 Å². The van der Waals surface area contributed by atoms with Crippen LogP contribution in [0.25, 0.3) is 0 Å². The number of benzene rings is 2. The van der Waals surface area contributed by atoms with Crippen molar-refractivity contribution in [3.8, 4) is 0 Å². The Morgan fingerprint density at radius 3 is 1.36 bits per heavy atom. The molecule has 2 unspecified atom stereocenters. The summed E-state index contributed by atoms with van der Waals surface area (Å²) in [7, 11) is 0. The smallest absolute Gasteiger partial charge is 0.127 e. The maximum Gasteiger partial charge on any atom is 0.127 e. The number of thioether (sulfide) groups is 1. The maximum absolute atomic E-state index is 10.6. The van der Waals surface area contributed by atoms with Crippen molar-refractivity contribution >= 4 is 11.8 Å². The van der Waals surface area contributed by atoms with Crippen molar-refractivity contribution in [2.75, 3.05) is 0 Å². The van der Waals surface area contributed by atoms with Gasteiger partial charge in [-0.15, -0.1) is 0 Å². The van der Waals surface area contributed by atoms with E-state index in [1.807, 2.05) is 36.4 Å². The SMILES string of the molecule is CC(C)(C)c1cccc(C(O)SC(O)c2cccc(C(C)(C)C)c2)c1. The van der Waals surface area contributed by atoms with Gasteiger partial charge in [0.2, 0.25) is 0 Å². The minimum Gasteiger partial charge on any atom is -0.378 e. The summed E-state index contributed by atoms with van der Waals surface area (Å²) in [5, 5.41) is 21.1. The summed E-state index contributed by atoms with van der Waals surface area (Å²) in [4.78, 5) is 0. The van der Waals surface area contributed by atoms with Gasteiger partial charge in [-0.25, -0.2) is 0 Å². The summed E-state index contributed by atoms with van der Waals surface area (Å²) in [5.41, 5.74) is 2.51. The van der Waals surface area contributed by atoms with Gasteiger partial charge in [0.1, 0.15) is 10.9 Å². The molecule has 3 heteroatoms. The number of hydrogen-bond acceptors (Lipinski definition) is 3. The second kappa shape index (κ2) is 7.53. The summed E-state index contributed by atoms with van der Waals surface area (Å²) in [6.07, 6.45) is 0. The minimum absolute atomic E-state index is 0.0278. The lowest BCUT2D eigenvalue weighted by Gasteiger charge is -2.23. The van der Waals surface area contributed by atoms with E-state index >= 15 is 0 Å². The molecule has 0 aromatic heterocycles. The van der Waals surface area contributed by atoms with Crippen LogP contribution < -0.4 is 0 Å². The van der Waals surface area contributed by atoms with Crippen LogP contribution in [0.2, 0.25) is 0 Å². The van der Waals surface area contributed by atoms with E-state index in [0.29, 0.717) is 0 Å². The van der Waals surface area contributed by atoms with Gasteiger partial charge in [-0.3, -0.25) is 0 Å². The van der Waals surface area contributed by atoms with E-state index in [1.54, 1.807) is 0 Å². The molecule has 0 spiro atoms. The molecule has 0 saturated carbocycles. The molecule has 2 rings (SSSR count). The van der Waals surface area contributed by atoms with Crippen molar-refractivity contribution in [1.82, 2.24) is 0 Å². The molecule has 2 atom stereocenters. The zero-order chi connectivity index (χ0) is 18.8. The molecular weight excluding hydrogens is 328 g/mol. The minimum atomic E-state index is -0.768. The number of aliphatic hydroxyl groups is 2. The van der Waals surface area contributed by atoms with Crippen LogP contribution in [0.15, 0.2) is 48.5 Å². The number of rotatable bonds is 4. The van der Waals surface area contributed by atoms with Crippen LogP contribution in [0.4, 0.5) is 0 Å². The van der Waals surface area contributed by atoms with Crippen molar-refractivity contribution in [1.29, 1.82) is 0 Å². The van der Waals surface area contributed by atoms with E-state index in [9.17, 15) is 10.2 Å². The Kier molecular flexibility index (Phi) is 6.03. The summed E-state index contributed by atoms with van der Waals surface area (Å²) in [6, 6.07) is 15.9. The predicted molar refractivity (Wildman–Crippen MR) is 108 cm³/mol. The average Bonchev–Trinajstić information content (AvgIpc) is 2.53. The van der Waals surface area contributed by atoms with Crippen LogP contribution in [0.5, 0.6) is 0 Å². The van der Waals surface area contributed by atoms with Gasteiger partial charge in [-0.05, 0) is 33.1 Å². The van der Waals surface area contributed by atoms with E-state index in [4.69, 9.17) is 0 Å². The van der Waals surface area contributed by atoms with Gasteiger partial charge in [0.25, 0.3) is 0 Å². The molecule has 0 heterocycles. The Morgan fingerprint density at radius 2 is 1.04 bits per heavy atom. The Balaban J connectivity index is 2.17. The Bertz CT molecular complexity index is 649. The lowest BCUT2D eigenvalue weighted by Crippen LogP contribution is -2.12. The van der Waals surface area contributed by atoms with Gasteiger partial charge in [0, 0.05) is 0 Å². The molecule has 2 N–H and O–H groups in total. The normalized spacial score (nSPS) is 15.0. The van der Waals surface area contributed by atoms with Crippen LogP contribution in [0, 0.1) is 0 Å². The highest BCUT2D eigenvalue weighted by atomic mass is 32.2. The summed E-state index contributed by atoms with van der Waals surface area (Å²) in [6.45, 7) is 12.9. The zero-order valence-electron chi connectivity index (χ0n) is 16.1.